The highest BCUT2D eigenvalue weighted by Crippen LogP contribution is 2.37. The van der Waals surface area contributed by atoms with E-state index < -0.39 is 0 Å². The highest BCUT2D eigenvalue weighted by molar-refractivity contribution is 6.36. The zero-order chi connectivity index (χ0) is 25.2. The summed E-state index contributed by atoms with van der Waals surface area (Å²) in [5.41, 5.74) is 9.79. The number of imidazole rings is 1. The molecule has 0 aliphatic carbocycles. The van der Waals surface area contributed by atoms with Crippen LogP contribution in [0.15, 0.2) is 79.3 Å². The van der Waals surface area contributed by atoms with Crippen molar-refractivity contribution in [2.24, 2.45) is 7.05 Å². The van der Waals surface area contributed by atoms with Crippen molar-refractivity contribution in [3.05, 3.63) is 129 Å². The lowest BCUT2D eigenvalue weighted by atomic mass is 9.87. The Morgan fingerprint density at radius 1 is 1.00 bits per heavy atom. The number of hydrogen-bond acceptors (Lipinski definition) is 2. The van der Waals surface area contributed by atoms with Crippen molar-refractivity contribution in [1.82, 2.24) is 14.5 Å². The lowest BCUT2D eigenvalue weighted by molar-refractivity contribution is 0.793. The molecule has 5 rings (SSSR count). The van der Waals surface area contributed by atoms with E-state index in [0.717, 1.165) is 56.0 Å². The number of nitrogens with zero attached hydrogens (tertiary/aromatic N) is 3. The van der Waals surface area contributed by atoms with E-state index >= 15 is 0 Å². The van der Waals surface area contributed by atoms with Crippen LogP contribution in [0.4, 0.5) is 0 Å². The first kappa shape index (κ1) is 23.9. The Morgan fingerprint density at radius 3 is 2.36 bits per heavy atom. The molecule has 1 unspecified atom stereocenters. The molecule has 0 radical (unpaired) electrons. The average molecular weight is 490 g/mol. The molecule has 0 fully saturated rings. The third-order valence-corrected chi connectivity index (χ3v) is 7.29. The first-order valence-corrected chi connectivity index (χ1v) is 12.6. The lowest BCUT2D eigenvalue weighted by Crippen LogP contribution is -2.08. The van der Waals surface area contributed by atoms with Gasteiger partial charge in [-0.2, -0.15) is 0 Å². The summed E-state index contributed by atoms with van der Waals surface area (Å²) >= 11 is 7.14. The smallest absolute Gasteiger partial charge is 0.0945 e. The summed E-state index contributed by atoms with van der Waals surface area (Å²) in [5.74, 6) is 2.71. The van der Waals surface area contributed by atoms with Gasteiger partial charge in [0.2, 0.25) is 0 Å². The molecule has 0 saturated heterocycles. The normalized spacial score (nSPS) is 12.0. The molecule has 4 heteroatoms. The molecule has 0 amide bonds. The van der Waals surface area contributed by atoms with E-state index in [1.165, 1.54) is 11.1 Å². The Hall–Kier alpha value is -3.87. The van der Waals surface area contributed by atoms with E-state index in [1.807, 2.05) is 31.7 Å². The molecule has 2 heterocycles. The van der Waals surface area contributed by atoms with Crippen LogP contribution in [0.5, 0.6) is 0 Å². The van der Waals surface area contributed by atoms with Crippen molar-refractivity contribution in [2.45, 2.75) is 32.6 Å². The van der Waals surface area contributed by atoms with E-state index in [-0.39, 0.29) is 5.92 Å². The van der Waals surface area contributed by atoms with Gasteiger partial charge in [0.1, 0.15) is 0 Å². The van der Waals surface area contributed by atoms with Gasteiger partial charge >= 0.3 is 0 Å². The summed E-state index contributed by atoms with van der Waals surface area (Å²) in [7, 11) is 2.04. The molecule has 3 nitrogen and oxygen atoms in total. The quantitative estimate of drug-likeness (QED) is 0.235. The maximum Gasteiger partial charge on any atom is 0.0945 e. The number of benzene rings is 3. The number of pyridine rings is 1. The summed E-state index contributed by atoms with van der Waals surface area (Å²) in [5, 5.41) is 1.74. The van der Waals surface area contributed by atoms with Crippen LogP contribution in [-0.2, 0) is 19.9 Å². The Kier molecular flexibility index (Phi) is 6.63. The predicted molar refractivity (Wildman–Crippen MR) is 149 cm³/mol. The van der Waals surface area contributed by atoms with Crippen molar-refractivity contribution >= 4 is 22.5 Å². The van der Waals surface area contributed by atoms with Crippen LogP contribution in [0.1, 0.15) is 57.6 Å². The number of aromatic nitrogens is 3. The summed E-state index contributed by atoms with van der Waals surface area (Å²) in [6, 6.07) is 23.3. The molecule has 0 aliphatic heterocycles. The first-order chi connectivity index (χ1) is 17.5. The van der Waals surface area contributed by atoms with Gasteiger partial charge in [0.15, 0.2) is 0 Å². The van der Waals surface area contributed by atoms with Crippen LogP contribution in [-0.4, -0.2) is 14.5 Å². The minimum atomic E-state index is 0.0316. The topological polar surface area (TPSA) is 30.7 Å². The molecule has 0 N–H and O–H groups in total. The Bertz CT molecular complexity index is 1570. The SMILES string of the molecule is C#Cc1ccc(Cc2c(CC)nc3ccc(C(c4ccc(C)cc4)c4cncn4C)cc3c2Cl)cc1. The van der Waals surface area contributed by atoms with Crippen LogP contribution in [0.3, 0.4) is 0 Å². The van der Waals surface area contributed by atoms with Gasteiger partial charge < -0.3 is 4.57 Å². The molecule has 0 bridgehead atoms. The van der Waals surface area contributed by atoms with Crippen molar-refractivity contribution in [2.75, 3.05) is 0 Å². The zero-order valence-electron chi connectivity index (χ0n) is 20.8. The minimum absolute atomic E-state index is 0.0316. The van der Waals surface area contributed by atoms with E-state index in [4.69, 9.17) is 23.0 Å². The summed E-state index contributed by atoms with van der Waals surface area (Å²) in [4.78, 5) is 9.41. The summed E-state index contributed by atoms with van der Waals surface area (Å²) in [6.45, 7) is 4.23. The highest BCUT2D eigenvalue weighted by atomic mass is 35.5. The van der Waals surface area contributed by atoms with E-state index in [0.29, 0.717) is 6.42 Å². The highest BCUT2D eigenvalue weighted by Gasteiger charge is 2.22. The molecular weight excluding hydrogens is 462 g/mol. The molecular formula is C32H28ClN3. The van der Waals surface area contributed by atoms with Crippen molar-refractivity contribution in [3.8, 4) is 12.3 Å². The zero-order valence-corrected chi connectivity index (χ0v) is 21.6. The molecule has 36 heavy (non-hydrogen) atoms. The van der Waals surface area contributed by atoms with Crippen LogP contribution >= 0.6 is 11.6 Å². The fraction of sp³-hybridized carbons (Fsp3) is 0.188. The second kappa shape index (κ2) is 10.0. The maximum atomic E-state index is 7.14. The van der Waals surface area contributed by atoms with E-state index in [9.17, 15) is 0 Å². The second-order valence-electron chi connectivity index (χ2n) is 9.27. The van der Waals surface area contributed by atoms with Crippen LogP contribution < -0.4 is 0 Å². The van der Waals surface area contributed by atoms with E-state index in [1.54, 1.807) is 0 Å². The Balaban J connectivity index is 1.65. The average Bonchev–Trinajstić information content (AvgIpc) is 3.32. The Morgan fingerprint density at radius 2 is 1.72 bits per heavy atom. The van der Waals surface area contributed by atoms with Crippen LogP contribution in [0.25, 0.3) is 10.9 Å². The molecule has 2 aromatic heterocycles. The number of hydrogen-bond donors (Lipinski definition) is 0. The van der Waals surface area contributed by atoms with Gasteiger partial charge in [0, 0.05) is 42.0 Å². The van der Waals surface area contributed by atoms with Gasteiger partial charge in [-0.3, -0.25) is 4.98 Å². The minimum Gasteiger partial charge on any atom is -0.337 e. The molecule has 3 aromatic carbocycles. The monoisotopic (exact) mass is 489 g/mol. The first-order valence-electron chi connectivity index (χ1n) is 12.2. The van der Waals surface area contributed by atoms with Gasteiger partial charge in [0.05, 0.1) is 22.8 Å². The number of fused-ring (bicyclic) bond motifs is 1. The van der Waals surface area contributed by atoms with Crippen LogP contribution in [0, 0.1) is 19.3 Å². The van der Waals surface area contributed by atoms with Crippen LogP contribution in [0.2, 0.25) is 5.02 Å². The second-order valence-corrected chi connectivity index (χ2v) is 9.65. The molecule has 0 spiro atoms. The van der Waals surface area contributed by atoms with E-state index in [2.05, 4.69) is 83.9 Å². The van der Waals surface area contributed by atoms with Gasteiger partial charge in [0.25, 0.3) is 0 Å². The van der Waals surface area contributed by atoms with Crippen molar-refractivity contribution in [3.63, 3.8) is 0 Å². The van der Waals surface area contributed by atoms with Gasteiger partial charge in [-0.15, -0.1) is 6.42 Å². The predicted octanol–water partition coefficient (Wildman–Crippen LogP) is 7.24. The largest absolute Gasteiger partial charge is 0.337 e. The third-order valence-electron chi connectivity index (χ3n) is 6.86. The summed E-state index contributed by atoms with van der Waals surface area (Å²) < 4.78 is 2.08. The van der Waals surface area contributed by atoms with Gasteiger partial charge in [-0.05, 0) is 59.9 Å². The van der Waals surface area contributed by atoms with Gasteiger partial charge in [-0.1, -0.05) is 72.5 Å². The molecule has 5 aromatic rings. The molecule has 0 saturated carbocycles. The number of terminal acetylenes is 1. The van der Waals surface area contributed by atoms with Crippen molar-refractivity contribution in [1.29, 1.82) is 0 Å². The molecule has 0 aliphatic rings. The number of aryl methyl sites for hydroxylation is 3. The third kappa shape index (κ3) is 4.53. The number of halogens is 1. The summed E-state index contributed by atoms with van der Waals surface area (Å²) in [6.07, 6.45) is 10.9. The lowest BCUT2D eigenvalue weighted by Gasteiger charge is -2.20. The van der Waals surface area contributed by atoms with Gasteiger partial charge in [-0.25, -0.2) is 4.98 Å². The fourth-order valence-electron chi connectivity index (χ4n) is 4.84. The Labute approximate surface area is 217 Å². The number of rotatable bonds is 6. The molecule has 178 valence electrons. The standard InChI is InChI=1S/C32H28ClN3/c1-5-22-9-11-23(12-10-22)17-26-28(6-2)35-29-16-15-25(18-27(29)32(26)33)31(30-19-34-20-36(30)4)24-13-7-21(3)8-14-24/h1,7-16,18-20,31H,6,17H2,2-4H3. The molecule has 1 atom stereocenters. The van der Waals surface area contributed by atoms with Crippen molar-refractivity contribution < 1.29 is 0 Å². The maximum absolute atomic E-state index is 7.14. The fourth-order valence-corrected chi connectivity index (χ4v) is 5.17.